The second-order valence-electron chi connectivity index (χ2n) is 5.31. The van der Waals surface area contributed by atoms with Crippen LogP contribution in [0, 0.1) is 5.92 Å². The zero-order valence-corrected chi connectivity index (χ0v) is 11.5. The maximum absolute atomic E-state index is 12.7. The van der Waals surface area contributed by atoms with Crippen LogP contribution in [0.1, 0.15) is 19.8 Å². The molecule has 1 saturated heterocycles. The number of carbonyl (C=O) groups is 2. The van der Waals surface area contributed by atoms with Crippen molar-refractivity contribution in [2.45, 2.75) is 25.9 Å². The monoisotopic (exact) mass is 274 g/mol. The summed E-state index contributed by atoms with van der Waals surface area (Å²) in [5, 5.41) is 2.79. The Labute approximate surface area is 117 Å². The van der Waals surface area contributed by atoms with Gasteiger partial charge in [0.25, 0.3) is 0 Å². The van der Waals surface area contributed by atoms with Gasteiger partial charge in [-0.2, -0.15) is 0 Å². The van der Waals surface area contributed by atoms with Crippen LogP contribution < -0.4 is 10.2 Å². The van der Waals surface area contributed by atoms with Gasteiger partial charge in [-0.3, -0.25) is 9.59 Å². The van der Waals surface area contributed by atoms with Crippen molar-refractivity contribution >= 4 is 23.2 Å². The molecule has 1 aromatic carbocycles. The van der Waals surface area contributed by atoms with E-state index in [1.165, 1.54) is 0 Å². The minimum Gasteiger partial charge on any atom is -0.378 e. The van der Waals surface area contributed by atoms with Crippen molar-refractivity contribution in [1.29, 1.82) is 0 Å². The minimum atomic E-state index is -0.164. The summed E-state index contributed by atoms with van der Waals surface area (Å²) in [6, 6.07) is 7.39. The van der Waals surface area contributed by atoms with Crippen LogP contribution in [0.25, 0.3) is 0 Å². The van der Waals surface area contributed by atoms with E-state index in [9.17, 15) is 9.59 Å². The molecule has 1 aromatic rings. The van der Waals surface area contributed by atoms with Gasteiger partial charge in [-0.1, -0.05) is 12.1 Å². The lowest BCUT2D eigenvalue weighted by Crippen LogP contribution is -2.48. The Hall–Kier alpha value is -1.88. The van der Waals surface area contributed by atoms with Gasteiger partial charge < -0.3 is 15.0 Å². The first-order valence-corrected chi connectivity index (χ1v) is 6.98. The standard InChI is InChI=1S/C15H18N2O3/c1-10-11(5-4-8-20-10)15(19)17-9-14(18)16-12-6-2-3-7-13(12)17/h2-3,6-7,10-11H,4-5,8-9H2,1H3,(H,16,18)/t10-,11-/m0/s1. The molecule has 2 aliphatic rings. The molecule has 2 heterocycles. The molecular formula is C15H18N2O3. The summed E-state index contributed by atoms with van der Waals surface area (Å²) in [5.41, 5.74) is 1.47. The van der Waals surface area contributed by atoms with E-state index >= 15 is 0 Å². The first-order chi connectivity index (χ1) is 9.66. The summed E-state index contributed by atoms with van der Waals surface area (Å²) in [5.74, 6) is -0.330. The number of amides is 2. The summed E-state index contributed by atoms with van der Waals surface area (Å²) >= 11 is 0. The first kappa shape index (κ1) is 13.1. The average Bonchev–Trinajstić information content (AvgIpc) is 2.46. The van der Waals surface area contributed by atoms with Gasteiger partial charge in [0.2, 0.25) is 11.8 Å². The van der Waals surface area contributed by atoms with E-state index in [0.29, 0.717) is 12.3 Å². The van der Waals surface area contributed by atoms with Gasteiger partial charge in [0, 0.05) is 6.61 Å². The lowest BCUT2D eigenvalue weighted by atomic mass is 9.93. The summed E-state index contributed by atoms with van der Waals surface area (Å²) in [4.78, 5) is 26.1. The van der Waals surface area contributed by atoms with Crippen LogP contribution in [0.2, 0.25) is 0 Å². The summed E-state index contributed by atoms with van der Waals surface area (Å²) in [7, 11) is 0. The number of para-hydroxylation sites is 2. The second-order valence-corrected chi connectivity index (χ2v) is 5.31. The van der Waals surface area contributed by atoms with Crippen LogP contribution in [0.4, 0.5) is 11.4 Å². The van der Waals surface area contributed by atoms with Gasteiger partial charge in [0.1, 0.15) is 6.54 Å². The van der Waals surface area contributed by atoms with Crippen LogP contribution in [0.3, 0.4) is 0 Å². The maximum Gasteiger partial charge on any atom is 0.244 e. The van der Waals surface area contributed by atoms with Crippen molar-refractivity contribution in [2.24, 2.45) is 5.92 Å². The molecule has 2 atom stereocenters. The van der Waals surface area contributed by atoms with Crippen molar-refractivity contribution < 1.29 is 14.3 Å². The fraction of sp³-hybridized carbons (Fsp3) is 0.467. The molecule has 0 aromatic heterocycles. The summed E-state index contributed by atoms with van der Waals surface area (Å²) < 4.78 is 5.57. The molecule has 2 amide bonds. The Bertz CT molecular complexity index is 544. The van der Waals surface area contributed by atoms with Crippen LogP contribution in [-0.2, 0) is 14.3 Å². The van der Waals surface area contributed by atoms with Gasteiger partial charge in [0.15, 0.2) is 0 Å². The summed E-state index contributed by atoms with van der Waals surface area (Å²) in [6.07, 6.45) is 1.62. The topological polar surface area (TPSA) is 58.6 Å². The molecule has 0 aliphatic carbocycles. The Morgan fingerprint density at radius 2 is 2.20 bits per heavy atom. The molecule has 0 spiro atoms. The third kappa shape index (κ3) is 2.29. The average molecular weight is 274 g/mol. The number of rotatable bonds is 1. The van der Waals surface area contributed by atoms with Crippen LogP contribution in [0.5, 0.6) is 0 Å². The number of nitrogens with one attached hydrogen (secondary N) is 1. The highest BCUT2D eigenvalue weighted by Gasteiger charge is 2.35. The zero-order chi connectivity index (χ0) is 14.1. The van der Waals surface area contributed by atoms with E-state index in [1.807, 2.05) is 31.2 Å². The lowest BCUT2D eigenvalue weighted by Gasteiger charge is -2.35. The van der Waals surface area contributed by atoms with E-state index in [2.05, 4.69) is 5.32 Å². The van der Waals surface area contributed by atoms with E-state index in [0.717, 1.165) is 18.5 Å². The van der Waals surface area contributed by atoms with Crippen molar-refractivity contribution in [1.82, 2.24) is 0 Å². The van der Waals surface area contributed by atoms with E-state index in [-0.39, 0.29) is 30.4 Å². The largest absolute Gasteiger partial charge is 0.378 e. The summed E-state index contributed by atoms with van der Waals surface area (Å²) in [6.45, 7) is 2.72. The molecule has 0 radical (unpaired) electrons. The predicted molar refractivity (Wildman–Crippen MR) is 75.6 cm³/mol. The molecule has 20 heavy (non-hydrogen) atoms. The number of hydrogen-bond acceptors (Lipinski definition) is 3. The number of fused-ring (bicyclic) bond motifs is 1. The minimum absolute atomic E-state index is 0.0144. The van der Waals surface area contributed by atoms with Gasteiger partial charge in [-0.05, 0) is 31.9 Å². The van der Waals surface area contributed by atoms with Crippen LogP contribution in [0.15, 0.2) is 24.3 Å². The molecule has 5 heteroatoms. The SMILES string of the molecule is C[C@@H]1OCCC[C@@H]1C(=O)N1CC(=O)Nc2ccccc21. The molecule has 1 N–H and O–H groups in total. The van der Waals surface area contributed by atoms with Crippen molar-refractivity contribution in [2.75, 3.05) is 23.4 Å². The molecule has 3 rings (SSSR count). The fourth-order valence-electron chi connectivity index (χ4n) is 2.88. The molecule has 0 bridgehead atoms. The first-order valence-electron chi connectivity index (χ1n) is 6.98. The van der Waals surface area contributed by atoms with E-state index in [1.54, 1.807) is 4.90 Å². The third-order valence-electron chi connectivity index (χ3n) is 3.96. The van der Waals surface area contributed by atoms with E-state index < -0.39 is 0 Å². The van der Waals surface area contributed by atoms with Gasteiger partial charge in [0.05, 0.1) is 23.4 Å². The number of ether oxygens (including phenoxy) is 1. The van der Waals surface area contributed by atoms with Crippen molar-refractivity contribution in [3.8, 4) is 0 Å². The Morgan fingerprint density at radius 1 is 1.40 bits per heavy atom. The normalized spacial score (nSPS) is 25.9. The smallest absolute Gasteiger partial charge is 0.244 e. The van der Waals surface area contributed by atoms with E-state index in [4.69, 9.17) is 4.74 Å². The molecule has 106 valence electrons. The molecule has 2 aliphatic heterocycles. The van der Waals surface area contributed by atoms with Gasteiger partial charge >= 0.3 is 0 Å². The molecular weight excluding hydrogens is 256 g/mol. The third-order valence-corrected chi connectivity index (χ3v) is 3.96. The van der Waals surface area contributed by atoms with Gasteiger partial charge in [-0.25, -0.2) is 0 Å². The molecule has 0 saturated carbocycles. The number of benzene rings is 1. The van der Waals surface area contributed by atoms with Crippen molar-refractivity contribution in [3.63, 3.8) is 0 Å². The molecule has 1 fully saturated rings. The Kier molecular flexibility index (Phi) is 3.44. The quantitative estimate of drug-likeness (QED) is 0.849. The van der Waals surface area contributed by atoms with Gasteiger partial charge in [-0.15, -0.1) is 0 Å². The number of carbonyl (C=O) groups excluding carboxylic acids is 2. The highest BCUT2D eigenvalue weighted by atomic mass is 16.5. The number of nitrogens with zero attached hydrogens (tertiary/aromatic N) is 1. The maximum atomic E-state index is 12.7. The fourth-order valence-corrected chi connectivity index (χ4v) is 2.88. The van der Waals surface area contributed by atoms with Crippen LogP contribution in [-0.4, -0.2) is 31.1 Å². The second kappa shape index (κ2) is 5.25. The highest BCUT2D eigenvalue weighted by Crippen LogP contribution is 2.32. The Morgan fingerprint density at radius 3 is 3.00 bits per heavy atom. The number of anilines is 2. The number of hydrogen-bond donors (Lipinski definition) is 1. The lowest BCUT2D eigenvalue weighted by molar-refractivity contribution is -0.131. The Balaban J connectivity index is 1.89. The zero-order valence-electron chi connectivity index (χ0n) is 11.5. The molecule has 0 unspecified atom stereocenters. The predicted octanol–water partition coefficient (Wildman–Crippen LogP) is 1.79. The highest BCUT2D eigenvalue weighted by molar-refractivity contribution is 6.10. The van der Waals surface area contributed by atoms with Crippen molar-refractivity contribution in [3.05, 3.63) is 24.3 Å². The van der Waals surface area contributed by atoms with Crippen LogP contribution >= 0.6 is 0 Å². The molecule has 5 nitrogen and oxygen atoms in total.